The van der Waals surface area contributed by atoms with Gasteiger partial charge in [-0.05, 0) is 24.3 Å². The van der Waals surface area contributed by atoms with E-state index in [-0.39, 0.29) is 36.3 Å². The molecule has 0 bridgehead atoms. The molecule has 26 heavy (non-hydrogen) atoms. The van der Waals surface area contributed by atoms with Crippen molar-refractivity contribution in [2.24, 2.45) is 0 Å². The van der Waals surface area contributed by atoms with Gasteiger partial charge in [0.05, 0.1) is 18.3 Å². The van der Waals surface area contributed by atoms with Gasteiger partial charge < -0.3 is 15.2 Å². The van der Waals surface area contributed by atoms with Crippen molar-refractivity contribution in [3.8, 4) is 11.3 Å². The lowest BCUT2D eigenvalue weighted by atomic mass is 10.1. The summed E-state index contributed by atoms with van der Waals surface area (Å²) < 4.78 is 18.2. The van der Waals surface area contributed by atoms with Crippen LogP contribution in [0.4, 0.5) is 4.39 Å². The van der Waals surface area contributed by atoms with Crippen LogP contribution >= 0.6 is 0 Å². The minimum atomic E-state index is -0.674. The van der Waals surface area contributed by atoms with Crippen molar-refractivity contribution in [1.29, 1.82) is 0 Å². The van der Waals surface area contributed by atoms with E-state index in [1.807, 2.05) is 0 Å². The van der Waals surface area contributed by atoms with E-state index >= 15 is 0 Å². The Morgan fingerprint density at radius 2 is 2.12 bits per heavy atom. The lowest BCUT2D eigenvalue weighted by Gasteiger charge is -2.33. The van der Waals surface area contributed by atoms with Crippen LogP contribution in [0, 0.1) is 5.82 Å². The van der Waals surface area contributed by atoms with E-state index in [2.05, 4.69) is 31.7 Å². The highest BCUT2D eigenvalue weighted by Gasteiger charge is 2.39. The second kappa shape index (κ2) is 6.83. The Morgan fingerprint density at radius 1 is 1.31 bits per heavy atom. The number of halogens is 1. The third-order valence-electron chi connectivity index (χ3n) is 4.23. The maximum atomic E-state index is 13.0. The molecule has 1 aromatic heterocycles. The molecule has 4 rings (SSSR count). The molecule has 2 fully saturated rings. The standard InChI is InChI=1S/C16H17FN6O3/c17-9-3-1-8(2-4-9)11-5-10(23-26-11)6-12(24)20-16-21-14-13(15(25)22-16)18-7-19-14/h1-5,13-14,16,18-19,21H,6-7H2,(H,20,24)(H,22,25). The van der Waals surface area contributed by atoms with Crippen LogP contribution in [0.3, 0.4) is 0 Å². The number of rotatable bonds is 4. The van der Waals surface area contributed by atoms with Crippen molar-refractivity contribution < 1.29 is 18.5 Å². The van der Waals surface area contributed by atoms with Crippen molar-refractivity contribution in [3.05, 3.63) is 41.8 Å². The molecule has 2 saturated heterocycles. The quantitative estimate of drug-likeness (QED) is 0.474. The molecule has 1 aromatic carbocycles. The molecule has 2 aliphatic heterocycles. The van der Waals surface area contributed by atoms with Gasteiger partial charge in [0.25, 0.3) is 0 Å². The molecule has 2 aliphatic rings. The summed E-state index contributed by atoms with van der Waals surface area (Å²) in [5.41, 5.74) is 1.10. The maximum absolute atomic E-state index is 13.0. The van der Waals surface area contributed by atoms with Crippen molar-refractivity contribution in [3.63, 3.8) is 0 Å². The highest BCUT2D eigenvalue weighted by molar-refractivity contribution is 5.85. The summed E-state index contributed by atoms with van der Waals surface area (Å²) >= 11 is 0. The lowest BCUT2D eigenvalue weighted by molar-refractivity contribution is -0.128. The average Bonchev–Trinajstić information content (AvgIpc) is 3.25. The minimum absolute atomic E-state index is 0.0154. The Kier molecular flexibility index (Phi) is 4.37. The van der Waals surface area contributed by atoms with Crippen molar-refractivity contribution in [2.75, 3.05) is 6.67 Å². The normalized spacial score (nSPS) is 24.8. The molecule has 3 atom stereocenters. The smallest absolute Gasteiger partial charge is 0.242 e. The van der Waals surface area contributed by atoms with Gasteiger partial charge in [-0.2, -0.15) is 0 Å². The SMILES string of the molecule is O=C(Cc1cc(-c2ccc(F)cc2)on1)NC1NC(=O)C2NCNC2N1. The molecule has 0 saturated carbocycles. The van der Waals surface area contributed by atoms with E-state index in [1.54, 1.807) is 18.2 Å². The number of hydrogen-bond acceptors (Lipinski definition) is 7. The molecule has 10 heteroatoms. The summed E-state index contributed by atoms with van der Waals surface area (Å²) in [4.78, 5) is 24.2. The van der Waals surface area contributed by atoms with Crippen LogP contribution in [0.15, 0.2) is 34.9 Å². The summed E-state index contributed by atoms with van der Waals surface area (Å²) in [6, 6.07) is 7.04. The minimum Gasteiger partial charge on any atom is -0.356 e. The number of benzene rings is 1. The first-order valence-corrected chi connectivity index (χ1v) is 8.12. The van der Waals surface area contributed by atoms with Gasteiger partial charge >= 0.3 is 0 Å². The van der Waals surface area contributed by atoms with Crippen molar-refractivity contribution >= 4 is 11.8 Å². The molecular formula is C16H17FN6O3. The van der Waals surface area contributed by atoms with E-state index in [0.29, 0.717) is 23.7 Å². The van der Waals surface area contributed by atoms with Crippen LogP contribution in [0.2, 0.25) is 0 Å². The van der Waals surface area contributed by atoms with Gasteiger partial charge in [-0.3, -0.25) is 25.5 Å². The van der Waals surface area contributed by atoms with E-state index in [0.717, 1.165) is 0 Å². The first-order valence-electron chi connectivity index (χ1n) is 8.12. The van der Waals surface area contributed by atoms with Gasteiger partial charge in [-0.15, -0.1) is 0 Å². The summed E-state index contributed by atoms with van der Waals surface area (Å²) in [6.07, 6.45) is -0.934. The summed E-state index contributed by atoms with van der Waals surface area (Å²) in [5, 5.41) is 18.4. The maximum Gasteiger partial charge on any atom is 0.242 e. The topological polar surface area (TPSA) is 120 Å². The molecule has 136 valence electrons. The Balaban J connectivity index is 1.35. The fraction of sp³-hybridized carbons (Fsp3) is 0.312. The van der Waals surface area contributed by atoms with Crippen LogP contribution in [-0.4, -0.2) is 42.1 Å². The third-order valence-corrected chi connectivity index (χ3v) is 4.23. The largest absolute Gasteiger partial charge is 0.356 e. The predicted molar refractivity (Wildman–Crippen MR) is 87.5 cm³/mol. The van der Waals surface area contributed by atoms with Gasteiger partial charge in [0, 0.05) is 18.3 Å². The first-order chi connectivity index (χ1) is 12.6. The molecule has 0 aliphatic carbocycles. The van der Waals surface area contributed by atoms with E-state index in [1.165, 1.54) is 12.1 Å². The van der Waals surface area contributed by atoms with E-state index in [9.17, 15) is 14.0 Å². The van der Waals surface area contributed by atoms with Gasteiger partial charge in [-0.1, -0.05) is 5.16 Å². The number of fused-ring (bicyclic) bond motifs is 1. The average molecular weight is 360 g/mol. The van der Waals surface area contributed by atoms with Crippen LogP contribution in [0.1, 0.15) is 5.69 Å². The number of carbonyl (C=O) groups is 2. The molecule has 0 radical (unpaired) electrons. The van der Waals surface area contributed by atoms with Gasteiger partial charge in [0.15, 0.2) is 12.0 Å². The summed E-state index contributed by atoms with van der Waals surface area (Å²) in [7, 11) is 0. The first kappa shape index (κ1) is 16.6. The second-order valence-electron chi connectivity index (χ2n) is 6.08. The molecule has 5 N–H and O–H groups in total. The van der Waals surface area contributed by atoms with E-state index in [4.69, 9.17) is 4.52 Å². The highest BCUT2D eigenvalue weighted by Crippen LogP contribution is 2.20. The van der Waals surface area contributed by atoms with Crippen molar-refractivity contribution in [2.45, 2.75) is 24.9 Å². The van der Waals surface area contributed by atoms with Gasteiger partial charge in [0.2, 0.25) is 11.8 Å². The van der Waals surface area contributed by atoms with Gasteiger partial charge in [0.1, 0.15) is 11.9 Å². The molecule has 3 unspecified atom stereocenters. The number of aromatic nitrogens is 1. The molecular weight excluding hydrogens is 343 g/mol. The van der Waals surface area contributed by atoms with Crippen LogP contribution in [0.5, 0.6) is 0 Å². The molecule has 2 amide bonds. The predicted octanol–water partition coefficient (Wildman–Crippen LogP) is -1.01. The van der Waals surface area contributed by atoms with Crippen molar-refractivity contribution in [1.82, 2.24) is 31.7 Å². The van der Waals surface area contributed by atoms with Crippen LogP contribution in [0.25, 0.3) is 11.3 Å². The zero-order valence-electron chi connectivity index (χ0n) is 13.6. The Bertz CT molecular complexity index is 824. The van der Waals surface area contributed by atoms with E-state index < -0.39 is 6.29 Å². The Morgan fingerprint density at radius 3 is 2.92 bits per heavy atom. The van der Waals surface area contributed by atoms with Gasteiger partial charge in [-0.25, -0.2) is 4.39 Å². The van der Waals surface area contributed by atoms with Crippen LogP contribution < -0.4 is 26.6 Å². The molecule has 0 spiro atoms. The zero-order valence-corrected chi connectivity index (χ0v) is 13.6. The number of carbonyl (C=O) groups excluding carboxylic acids is 2. The Labute approximate surface area is 147 Å². The fourth-order valence-corrected chi connectivity index (χ4v) is 2.97. The summed E-state index contributed by atoms with van der Waals surface area (Å²) in [6.45, 7) is 0.515. The summed E-state index contributed by atoms with van der Waals surface area (Å²) in [5.74, 6) is -0.416. The zero-order chi connectivity index (χ0) is 18.1. The number of hydrogen-bond donors (Lipinski definition) is 5. The Hall–Kier alpha value is -2.82. The molecule has 3 heterocycles. The monoisotopic (exact) mass is 360 g/mol. The molecule has 2 aromatic rings. The third kappa shape index (κ3) is 3.43. The highest BCUT2D eigenvalue weighted by atomic mass is 19.1. The number of amides is 2. The molecule has 9 nitrogen and oxygen atoms in total. The number of nitrogens with one attached hydrogen (secondary N) is 5. The fourth-order valence-electron chi connectivity index (χ4n) is 2.97. The lowest BCUT2D eigenvalue weighted by Crippen LogP contribution is -2.71. The van der Waals surface area contributed by atoms with Crippen LogP contribution in [-0.2, 0) is 16.0 Å². The second-order valence-corrected chi connectivity index (χ2v) is 6.08. The number of nitrogens with zero attached hydrogens (tertiary/aromatic N) is 1.